The summed E-state index contributed by atoms with van der Waals surface area (Å²) in [6.07, 6.45) is -7.59. The van der Waals surface area contributed by atoms with Crippen LogP contribution in [0.1, 0.15) is 22.3 Å². The van der Waals surface area contributed by atoms with Crippen LogP contribution in [-0.2, 0) is 12.6 Å². The number of hydrogen-bond acceptors (Lipinski definition) is 2. The number of rotatable bonds is 5. The summed E-state index contributed by atoms with van der Waals surface area (Å²) in [5.41, 5.74) is 5.01. The number of nitrogens with zero attached hydrogens (tertiary/aromatic N) is 1. The quantitative estimate of drug-likeness (QED) is 0.296. The normalized spacial score (nSPS) is 12.6. The zero-order valence-corrected chi connectivity index (χ0v) is 16.2. The summed E-state index contributed by atoms with van der Waals surface area (Å²) in [6.45, 7) is 0. The molecule has 0 fully saturated rings. The van der Waals surface area contributed by atoms with Gasteiger partial charge in [0.2, 0.25) is 6.43 Å². The minimum Gasteiger partial charge on any atom is -0.383 e. The molecule has 0 radical (unpaired) electrons. The van der Waals surface area contributed by atoms with Gasteiger partial charge >= 0.3 is 6.18 Å². The minimum atomic E-state index is -4.79. The van der Waals surface area contributed by atoms with Crippen molar-refractivity contribution in [3.63, 3.8) is 0 Å². The molecule has 0 saturated carbocycles. The Morgan fingerprint density at radius 1 is 1.13 bits per heavy atom. The van der Waals surface area contributed by atoms with Crippen molar-refractivity contribution < 1.29 is 26.3 Å². The van der Waals surface area contributed by atoms with E-state index in [0.29, 0.717) is 11.5 Å². The third-order valence-electron chi connectivity index (χ3n) is 4.79. The van der Waals surface area contributed by atoms with E-state index in [0.717, 1.165) is 18.3 Å². The van der Waals surface area contributed by atoms with Gasteiger partial charge in [-0.15, -0.1) is 0 Å². The zero-order valence-electron chi connectivity index (χ0n) is 16.2. The maximum atomic E-state index is 14.1. The van der Waals surface area contributed by atoms with Crippen LogP contribution in [0.5, 0.6) is 0 Å². The maximum absolute atomic E-state index is 14.1. The first-order valence-corrected chi connectivity index (χ1v) is 9.04. The van der Waals surface area contributed by atoms with E-state index in [1.54, 1.807) is 0 Å². The lowest BCUT2D eigenvalue weighted by atomic mass is 9.87. The number of nitrogens with one attached hydrogen (secondary N) is 1. The van der Waals surface area contributed by atoms with Gasteiger partial charge in [0.15, 0.2) is 0 Å². The van der Waals surface area contributed by atoms with Gasteiger partial charge in [-0.1, -0.05) is 12.1 Å². The number of halogens is 6. The average molecular weight is 437 g/mol. The third kappa shape index (κ3) is 4.55. The molecule has 0 aliphatic carbocycles. The first-order valence-electron chi connectivity index (χ1n) is 9.04. The molecular weight excluding hydrogens is 420 g/mol. The summed E-state index contributed by atoms with van der Waals surface area (Å²) in [7, 11) is 1.36. The van der Waals surface area contributed by atoms with Gasteiger partial charge in [-0.3, -0.25) is 4.99 Å². The molecule has 3 aromatic carbocycles. The number of benzene rings is 3. The second-order valence-corrected chi connectivity index (χ2v) is 6.85. The molecule has 3 N–H and O–H groups in total. The Balaban J connectivity index is 2.51. The fraction of sp³-hybridized carbons (Fsp3) is 0.182. The Hall–Kier alpha value is -3.36. The summed E-state index contributed by atoms with van der Waals surface area (Å²) >= 11 is 0. The van der Waals surface area contributed by atoms with Crippen molar-refractivity contribution in [2.75, 3.05) is 7.05 Å². The fourth-order valence-electron chi connectivity index (χ4n) is 3.49. The van der Waals surface area contributed by atoms with E-state index in [4.69, 9.17) is 11.1 Å². The second-order valence-electron chi connectivity index (χ2n) is 6.85. The third-order valence-corrected chi connectivity index (χ3v) is 4.79. The Labute approximate surface area is 173 Å². The van der Waals surface area contributed by atoms with Crippen LogP contribution in [0.4, 0.5) is 26.3 Å². The molecular formula is C22H17F6N3. The van der Waals surface area contributed by atoms with Crippen LogP contribution in [0.15, 0.2) is 47.5 Å². The van der Waals surface area contributed by atoms with E-state index in [1.165, 1.54) is 31.3 Å². The van der Waals surface area contributed by atoms with Crippen molar-refractivity contribution in [3.8, 4) is 11.1 Å². The highest BCUT2D eigenvalue weighted by Crippen LogP contribution is 2.39. The molecule has 0 unspecified atom stereocenters. The lowest BCUT2D eigenvalue weighted by Crippen LogP contribution is -2.17. The number of fused-ring (bicyclic) bond motifs is 1. The molecule has 0 amide bonds. The van der Waals surface area contributed by atoms with Crippen molar-refractivity contribution in [2.45, 2.75) is 19.0 Å². The summed E-state index contributed by atoms with van der Waals surface area (Å²) in [6, 6.07) is 7.90. The number of nitrogens with two attached hydrogens (primary N) is 1. The fourth-order valence-corrected chi connectivity index (χ4v) is 3.49. The van der Waals surface area contributed by atoms with Gasteiger partial charge in [0.05, 0.1) is 5.56 Å². The smallest absolute Gasteiger partial charge is 0.383 e. The van der Waals surface area contributed by atoms with Gasteiger partial charge in [-0.05, 0) is 52.2 Å². The Bertz CT molecular complexity index is 1180. The molecule has 0 saturated heterocycles. The van der Waals surface area contributed by atoms with Crippen molar-refractivity contribution >= 4 is 22.8 Å². The van der Waals surface area contributed by atoms with E-state index in [1.807, 2.05) is 0 Å². The second kappa shape index (κ2) is 8.41. The van der Waals surface area contributed by atoms with Crippen LogP contribution in [0.2, 0.25) is 0 Å². The SMILES string of the molecule is CN=C(N)c1c(C=N)cc2ccc(F)cc2c1-c1cc(CC(F)F)cc(C(F)(F)F)c1. The molecule has 0 heterocycles. The van der Waals surface area contributed by atoms with Gasteiger partial charge in [-0.2, -0.15) is 13.2 Å². The van der Waals surface area contributed by atoms with Crippen molar-refractivity contribution in [2.24, 2.45) is 10.7 Å². The standard InChI is InChI=1S/C22H17F6N3/c1-31-21(30)20-14(10-29)7-12-2-3-16(23)9-17(12)19(20)13-4-11(6-18(24)25)5-15(8-13)22(26,27)28/h2-5,7-10,18,29H,6H2,1H3,(H2,30,31). The Morgan fingerprint density at radius 3 is 2.42 bits per heavy atom. The first-order chi connectivity index (χ1) is 14.5. The van der Waals surface area contributed by atoms with E-state index in [-0.39, 0.29) is 39.0 Å². The molecule has 162 valence electrons. The summed E-state index contributed by atoms with van der Waals surface area (Å²) in [5, 5.41) is 8.37. The summed E-state index contributed by atoms with van der Waals surface area (Å²) in [5.74, 6) is -0.735. The largest absolute Gasteiger partial charge is 0.416 e. The molecule has 3 nitrogen and oxygen atoms in total. The molecule has 0 aliphatic rings. The number of hydrogen-bond donors (Lipinski definition) is 2. The van der Waals surface area contributed by atoms with Crippen LogP contribution >= 0.6 is 0 Å². The molecule has 0 spiro atoms. The summed E-state index contributed by atoms with van der Waals surface area (Å²) < 4.78 is 80.6. The molecule has 0 bridgehead atoms. The molecule has 3 rings (SSSR count). The molecule has 9 heteroatoms. The Morgan fingerprint density at radius 2 is 1.84 bits per heavy atom. The predicted octanol–water partition coefficient (Wildman–Crippen LogP) is 5.81. The van der Waals surface area contributed by atoms with Crippen LogP contribution in [-0.4, -0.2) is 25.5 Å². The van der Waals surface area contributed by atoms with Crippen molar-refractivity contribution in [1.29, 1.82) is 5.41 Å². The highest BCUT2D eigenvalue weighted by molar-refractivity contribution is 6.16. The van der Waals surface area contributed by atoms with E-state index in [2.05, 4.69) is 4.99 Å². The van der Waals surface area contributed by atoms with Gasteiger partial charge in [0.25, 0.3) is 0 Å². The van der Waals surface area contributed by atoms with Crippen molar-refractivity contribution in [3.05, 3.63) is 70.5 Å². The topological polar surface area (TPSA) is 62.2 Å². The van der Waals surface area contributed by atoms with Crippen LogP contribution in [0.3, 0.4) is 0 Å². The van der Waals surface area contributed by atoms with Crippen LogP contribution in [0, 0.1) is 11.2 Å². The van der Waals surface area contributed by atoms with E-state index < -0.39 is 30.4 Å². The predicted molar refractivity (Wildman–Crippen MR) is 109 cm³/mol. The Kier molecular flexibility index (Phi) is 6.06. The van der Waals surface area contributed by atoms with Gasteiger partial charge in [-0.25, -0.2) is 13.2 Å². The maximum Gasteiger partial charge on any atom is 0.416 e. The lowest BCUT2D eigenvalue weighted by Gasteiger charge is -2.19. The van der Waals surface area contributed by atoms with E-state index >= 15 is 0 Å². The monoisotopic (exact) mass is 437 g/mol. The molecule has 0 aromatic heterocycles. The number of amidine groups is 1. The van der Waals surface area contributed by atoms with E-state index in [9.17, 15) is 26.3 Å². The van der Waals surface area contributed by atoms with Crippen LogP contribution < -0.4 is 5.73 Å². The van der Waals surface area contributed by atoms with Crippen LogP contribution in [0.25, 0.3) is 21.9 Å². The zero-order chi connectivity index (χ0) is 22.9. The average Bonchev–Trinajstić information content (AvgIpc) is 2.70. The minimum absolute atomic E-state index is 0.0774. The molecule has 31 heavy (non-hydrogen) atoms. The molecule has 0 aliphatic heterocycles. The molecule has 3 aromatic rings. The van der Waals surface area contributed by atoms with Gasteiger partial charge in [0, 0.05) is 36.4 Å². The molecule has 0 atom stereocenters. The number of aliphatic imine (C=N–C) groups is 1. The van der Waals surface area contributed by atoms with Crippen molar-refractivity contribution in [1.82, 2.24) is 0 Å². The number of alkyl halides is 5. The first kappa shape index (κ1) is 22.3. The van der Waals surface area contributed by atoms with Gasteiger partial charge in [0.1, 0.15) is 11.7 Å². The van der Waals surface area contributed by atoms with Gasteiger partial charge < -0.3 is 11.1 Å². The highest BCUT2D eigenvalue weighted by atomic mass is 19.4. The highest BCUT2D eigenvalue weighted by Gasteiger charge is 2.32. The summed E-state index contributed by atoms with van der Waals surface area (Å²) in [4.78, 5) is 3.88. The lowest BCUT2D eigenvalue weighted by molar-refractivity contribution is -0.137.